The number of piperidine rings is 1. The number of aromatic nitrogens is 2. The number of carbonyl (C=O) groups excluding carboxylic acids is 1. The topological polar surface area (TPSA) is 61.5 Å². The van der Waals surface area contributed by atoms with Crippen LogP contribution in [0, 0.1) is 0 Å². The SMILES string of the molecule is O=C(c1ccn[nH]1)N1CCC(N(Cc2ccccc2)C2CCOCC2)CC1. The molecule has 0 saturated carbocycles. The lowest BCUT2D eigenvalue weighted by atomic mass is 9.96. The van der Waals surface area contributed by atoms with Gasteiger partial charge in [0.15, 0.2) is 0 Å². The molecule has 0 aliphatic carbocycles. The van der Waals surface area contributed by atoms with Gasteiger partial charge in [0.25, 0.3) is 5.91 Å². The van der Waals surface area contributed by atoms with Crippen LogP contribution in [0.2, 0.25) is 0 Å². The van der Waals surface area contributed by atoms with Crippen LogP contribution in [0.4, 0.5) is 0 Å². The van der Waals surface area contributed by atoms with Crippen molar-refractivity contribution in [2.75, 3.05) is 26.3 Å². The van der Waals surface area contributed by atoms with Crippen LogP contribution in [0.25, 0.3) is 0 Å². The highest BCUT2D eigenvalue weighted by Gasteiger charge is 2.32. The molecule has 0 radical (unpaired) electrons. The first-order valence-corrected chi connectivity index (χ1v) is 9.97. The van der Waals surface area contributed by atoms with Crippen molar-refractivity contribution in [3.63, 3.8) is 0 Å². The Labute approximate surface area is 160 Å². The maximum absolute atomic E-state index is 12.6. The van der Waals surface area contributed by atoms with E-state index in [1.165, 1.54) is 5.56 Å². The number of carbonyl (C=O) groups is 1. The van der Waals surface area contributed by atoms with Crippen LogP contribution >= 0.6 is 0 Å². The molecule has 0 unspecified atom stereocenters. The van der Waals surface area contributed by atoms with Crippen LogP contribution in [0.1, 0.15) is 41.7 Å². The van der Waals surface area contributed by atoms with Crippen molar-refractivity contribution in [3.8, 4) is 0 Å². The quantitative estimate of drug-likeness (QED) is 0.881. The fraction of sp³-hybridized carbons (Fsp3) is 0.524. The monoisotopic (exact) mass is 368 g/mol. The molecule has 2 aliphatic rings. The molecular formula is C21H28N4O2. The van der Waals surface area contributed by atoms with E-state index in [-0.39, 0.29) is 5.91 Å². The standard InChI is InChI=1S/C21H28N4O2/c26-21(20-6-11-22-23-20)24-12-7-18(8-13-24)25(19-9-14-27-15-10-19)16-17-4-2-1-3-5-17/h1-6,11,18-19H,7-10,12-16H2,(H,22,23). The van der Waals surface area contributed by atoms with E-state index in [1.807, 2.05) is 4.90 Å². The number of H-pyrrole nitrogens is 1. The predicted molar refractivity (Wildman–Crippen MR) is 103 cm³/mol. The highest BCUT2D eigenvalue weighted by molar-refractivity contribution is 5.92. The highest BCUT2D eigenvalue weighted by atomic mass is 16.5. The molecular weight excluding hydrogens is 340 g/mol. The van der Waals surface area contributed by atoms with Gasteiger partial charge in [0.05, 0.1) is 0 Å². The molecule has 3 heterocycles. The fourth-order valence-electron chi connectivity index (χ4n) is 4.31. The summed E-state index contributed by atoms with van der Waals surface area (Å²) in [5.41, 5.74) is 1.94. The lowest BCUT2D eigenvalue weighted by molar-refractivity contribution is -0.00154. The van der Waals surface area contributed by atoms with Gasteiger partial charge in [0, 0.05) is 51.1 Å². The Kier molecular flexibility index (Phi) is 5.84. The second-order valence-electron chi connectivity index (χ2n) is 7.50. The Hall–Kier alpha value is -2.18. The zero-order valence-electron chi connectivity index (χ0n) is 15.7. The Balaban J connectivity index is 1.42. The van der Waals surface area contributed by atoms with E-state index in [1.54, 1.807) is 12.3 Å². The summed E-state index contributed by atoms with van der Waals surface area (Å²) in [6, 6.07) is 13.6. The molecule has 144 valence electrons. The normalized spacial score (nSPS) is 19.5. The first-order valence-electron chi connectivity index (χ1n) is 9.97. The maximum Gasteiger partial charge on any atom is 0.271 e. The van der Waals surface area contributed by atoms with E-state index >= 15 is 0 Å². The summed E-state index contributed by atoms with van der Waals surface area (Å²) in [7, 11) is 0. The zero-order valence-corrected chi connectivity index (χ0v) is 15.7. The van der Waals surface area contributed by atoms with Gasteiger partial charge in [-0.2, -0.15) is 5.10 Å². The Morgan fingerprint density at radius 3 is 2.44 bits per heavy atom. The smallest absolute Gasteiger partial charge is 0.271 e. The number of nitrogens with zero attached hydrogens (tertiary/aromatic N) is 3. The van der Waals surface area contributed by atoms with Gasteiger partial charge in [-0.15, -0.1) is 0 Å². The third-order valence-electron chi connectivity index (χ3n) is 5.82. The molecule has 0 atom stereocenters. The minimum absolute atomic E-state index is 0.0617. The van der Waals surface area contributed by atoms with Crippen LogP contribution in [0.5, 0.6) is 0 Å². The Morgan fingerprint density at radius 1 is 1.07 bits per heavy atom. The molecule has 6 heteroatoms. The summed E-state index contributed by atoms with van der Waals surface area (Å²) in [5, 5.41) is 6.68. The molecule has 2 aromatic rings. The second kappa shape index (κ2) is 8.67. The van der Waals surface area contributed by atoms with E-state index in [0.29, 0.717) is 17.8 Å². The predicted octanol–water partition coefficient (Wildman–Crippen LogP) is 2.70. The van der Waals surface area contributed by atoms with Crippen molar-refractivity contribution in [1.29, 1.82) is 0 Å². The van der Waals surface area contributed by atoms with E-state index < -0.39 is 0 Å². The van der Waals surface area contributed by atoms with Gasteiger partial charge in [0.1, 0.15) is 5.69 Å². The van der Waals surface area contributed by atoms with Crippen LogP contribution in [-0.2, 0) is 11.3 Å². The average molecular weight is 368 g/mol. The van der Waals surface area contributed by atoms with Gasteiger partial charge < -0.3 is 9.64 Å². The molecule has 4 rings (SSSR count). The van der Waals surface area contributed by atoms with Crippen molar-refractivity contribution in [1.82, 2.24) is 20.0 Å². The van der Waals surface area contributed by atoms with Crippen LogP contribution < -0.4 is 0 Å². The fourth-order valence-corrected chi connectivity index (χ4v) is 4.31. The van der Waals surface area contributed by atoms with Gasteiger partial charge in [-0.05, 0) is 37.3 Å². The molecule has 0 bridgehead atoms. The Morgan fingerprint density at radius 2 is 1.78 bits per heavy atom. The van der Waals surface area contributed by atoms with Gasteiger partial charge in [0.2, 0.25) is 0 Å². The van der Waals surface area contributed by atoms with E-state index in [2.05, 4.69) is 45.4 Å². The molecule has 2 saturated heterocycles. The van der Waals surface area contributed by atoms with Crippen LogP contribution in [-0.4, -0.2) is 64.3 Å². The average Bonchev–Trinajstić information content (AvgIpc) is 3.28. The van der Waals surface area contributed by atoms with E-state index in [4.69, 9.17) is 4.74 Å². The second-order valence-corrected chi connectivity index (χ2v) is 7.50. The number of hydrogen-bond acceptors (Lipinski definition) is 4. The number of hydrogen-bond donors (Lipinski definition) is 1. The number of ether oxygens (including phenoxy) is 1. The number of benzene rings is 1. The number of amides is 1. The van der Waals surface area contributed by atoms with E-state index in [9.17, 15) is 4.79 Å². The lowest BCUT2D eigenvalue weighted by Gasteiger charge is -2.43. The van der Waals surface area contributed by atoms with Crippen LogP contribution in [0.3, 0.4) is 0 Å². The third-order valence-corrected chi connectivity index (χ3v) is 5.82. The minimum Gasteiger partial charge on any atom is -0.381 e. The summed E-state index contributed by atoms with van der Waals surface area (Å²) in [6.45, 7) is 4.29. The zero-order chi connectivity index (χ0) is 18.5. The summed E-state index contributed by atoms with van der Waals surface area (Å²) in [6.07, 6.45) is 5.86. The first kappa shape index (κ1) is 18.2. The first-order chi connectivity index (χ1) is 13.3. The number of nitrogens with one attached hydrogen (secondary N) is 1. The molecule has 2 fully saturated rings. The summed E-state index contributed by atoms with van der Waals surface area (Å²) in [5.74, 6) is 0.0617. The highest BCUT2D eigenvalue weighted by Crippen LogP contribution is 2.26. The minimum atomic E-state index is 0.0617. The largest absolute Gasteiger partial charge is 0.381 e. The third kappa shape index (κ3) is 4.39. The molecule has 1 aromatic heterocycles. The molecule has 1 amide bonds. The van der Waals surface area contributed by atoms with Crippen LogP contribution in [0.15, 0.2) is 42.6 Å². The van der Waals surface area contributed by atoms with Crippen molar-refractivity contribution in [2.24, 2.45) is 0 Å². The molecule has 2 aliphatic heterocycles. The summed E-state index contributed by atoms with van der Waals surface area (Å²) in [4.78, 5) is 17.2. The van der Waals surface area contributed by atoms with Gasteiger partial charge in [-0.1, -0.05) is 30.3 Å². The molecule has 27 heavy (non-hydrogen) atoms. The van der Waals surface area contributed by atoms with Crippen molar-refractivity contribution in [2.45, 2.75) is 44.3 Å². The summed E-state index contributed by atoms with van der Waals surface area (Å²) < 4.78 is 5.59. The summed E-state index contributed by atoms with van der Waals surface area (Å²) >= 11 is 0. The molecule has 0 spiro atoms. The molecule has 1 aromatic carbocycles. The molecule has 6 nitrogen and oxygen atoms in total. The number of likely N-dealkylation sites (tertiary alicyclic amines) is 1. The van der Waals surface area contributed by atoms with Crippen molar-refractivity contribution < 1.29 is 9.53 Å². The van der Waals surface area contributed by atoms with Crippen molar-refractivity contribution in [3.05, 3.63) is 53.9 Å². The lowest BCUT2D eigenvalue weighted by Crippen LogP contribution is -2.51. The molecule has 1 N–H and O–H groups in total. The Bertz CT molecular complexity index is 705. The maximum atomic E-state index is 12.6. The van der Waals surface area contributed by atoms with E-state index in [0.717, 1.165) is 58.5 Å². The number of aromatic amines is 1. The van der Waals surface area contributed by atoms with Gasteiger partial charge in [-0.3, -0.25) is 14.8 Å². The van der Waals surface area contributed by atoms with Crippen molar-refractivity contribution >= 4 is 5.91 Å². The van der Waals surface area contributed by atoms with Gasteiger partial charge >= 0.3 is 0 Å². The van der Waals surface area contributed by atoms with Gasteiger partial charge in [-0.25, -0.2) is 0 Å². The number of rotatable bonds is 5.